The average molecular weight is 284 g/mol. The van der Waals surface area contributed by atoms with E-state index in [1.54, 1.807) is 11.6 Å². The number of aliphatic hydroxyl groups excluding tert-OH is 2. The fourth-order valence-electron chi connectivity index (χ4n) is 1.99. The Bertz CT molecular complexity index is 497. The number of aromatic nitrogens is 1. The molecule has 3 nitrogen and oxygen atoms in total. The topological polar surface area (TPSA) is 53.4 Å². The number of hydrogen-bond acceptors (Lipinski definition) is 4. The summed E-state index contributed by atoms with van der Waals surface area (Å²) in [5, 5.41) is 21.9. The van der Waals surface area contributed by atoms with Gasteiger partial charge in [-0.2, -0.15) is 0 Å². The number of aliphatic hydroxyl groups is 2. The lowest BCUT2D eigenvalue weighted by Crippen LogP contribution is -2.37. The van der Waals surface area contributed by atoms with Gasteiger partial charge in [-0.25, -0.2) is 4.98 Å². The smallest absolute Gasteiger partial charge is 0.0794 e. The number of thiazole rings is 1. The van der Waals surface area contributed by atoms with Gasteiger partial charge in [0, 0.05) is 22.2 Å². The molecule has 0 aliphatic carbocycles. The van der Waals surface area contributed by atoms with Gasteiger partial charge < -0.3 is 10.2 Å². The SMILES string of the molecule is OCC(CO)(Cc1cscn1)c1ccccc1Cl. The van der Waals surface area contributed by atoms with E-state index in [2.05, 4.69) is 4.98 Å². The van der Waals surface area contributed by atoms with Crippen molar-refractivity contribution in [1.82, 2.24) is 4.98 Å². The van der Waals surface area contributed by atoms with Crippen molar-refractivity contribution < 1.29 is 10.2 Å². The van der Waals surface area contributed by atoms with E-state index in [1.165, 1.54) is 11.3 Å². The van der Waals surface area contributed by atoms with Crippen LogP contribution in [-0.2, 0) is 11.8 Å². The van der Waals surface area contributed by atoms with Crippen LogP contribution in [-0.4, -0.2) is 28.4 Å². The molecule has 0 aliphatic rings. The summed E-state index contributed by atoms with van der Waals surface area (Å²) < 4.78 is 0. The lowest BCUT2D eigenvalue weighted by Gasteiger charge is -2.30. The highest BCUT2D eigenvalue weighted by Gasteiger charge is 2.33. The van der Waals surface area contributed by atoms with Crippen LogP contribution in [0.25, 0.3) is 0 Å². The Morgan fingerprint density at radius 3 is 2.50 bits per heavy atom. The fraction of sp³-hybridized carbons (Fsp3) is 0.308. The second kappa shape index (κ2) is 5.80. The minimum atomic E-state index is -0.785. The summed E-state index contributed by atoms with van der Waals surface area (Å²) in [5.74, 6) is 0. The molecule has 0 saturated heterocycles. The van der Waals surface area contributed by atoms with E-state index < -0.39 is 5.41 Å². The van der Waals surface area contributed by atoms with Crippen molar-refractivity contribution in [2.75, 3.05) is 13.2 Å². The van der Waals surface area contributed by atoms with Crippen molar-refractivity contribution in [3.63, 3.8) is 0 Å². The summed E-state index contributed by atoms with van der Waals surface area (Å²) in [4.78, 5) is 4.21. The number of rotatable bonds is 5. The van der Waals surface area contributed by atoms with Gasteiger partial charge in [0.2, 0.25) is 0 Å². The van der Waals surface area contributed by atoms with Gasteiger partial charge in [0.05, 0.1) is 24.4 Å². The molecule has 96 valence electrons. The molecule has 0 fully saturated rings. The van der Waals surface area contributed by atoms with Gasteiger partial charge in [-0.05, 0) is 11.6 Å². The summed E-state index contributed by atoms with van der Waals surface area (Å²) in [7, 11) is 0. The largest absolute Gasteiger partial charge is 0.395 e. The van der Waals surface area contributed by atoms with Crippen molar-refractivity contribution >= 4 is 22.9 Å². The Kier molecular flexibility index (Phi) is 4.35. The van der Waals surface area contributed by atoms with Crippen LogP contribution >= 0.6 is 22.9 Å². The zero-order valence-electron chi connectivity index (χ0n) is 9.71. The maximum Gasteiger partial charge on any atom is 0.0794 e. The van der Waals surface area contributed by atoms with Crippen LogP contribution in [0.15, 0.2) is 35.2 Å². The molecule has 1 aromatic heterocycles. The van der Waals surface area contributed by atoms with Crippen molar-refractivity contribution in [2.45, 2.75) is 11.8 Å². The van der Waals surface area contributed by atoms with Gasteiger partial charge in [-0.3, -0.25) is 0 Å². The van der Waals surface area contributed by atoms with E-state index in [4.69, 9.17) is 11.6 Å². The third-order valence-corrected chi connectivity index (χ3v) is 4.02. The average Bonchev–Trinajstić information content (AvgIpc) is 2.90. The molecule has 0 saturated carbocycles. The van der Waals surface area contributed by atoms with Gasteiger partial charge in [-0.15, -0.1) is 11.3 Å². The monoisotopic (exact) mass is 283 g/mol. The summed E-state index contributed by atoms with van der Waals surface area (Å²) in [6.45, 7) is -0.352. The van der Waals surface area contributed by atoms with Gasteiger partial charge in [0.1, 0.15) is 0 Å². The van der Waals surface area contributed by atoms with E-state index in [9.17, 15) is 10.2 Å². The predicted molar refractivity (Wildman–Crippen MR) is 73.1 cm³/mol. The first-order valence-electron chi connectivity index (χ1n) is 5.55. The molecule has 0 radical (unpaired) electrons. The second-order valence-electron chi connectivity index (χ2n) is 4.23. The molecule has 18 heavy (non-hydrogen) atoms. The van der Waals surface area contributed by atoms with Crippen LogP contribution in [0.3, 0.4) is 0 Å². The Hall–Kier alpha value is -0.940. The lowest BCUT2D eigenvalue weighted by atomic mass is 9.78. The second-order valence-corrected chi connectivity index (χ2v) is 5.36. The van der Waals surface area contributed by atoms with E-state index in [1.807, 2.05) is 23.6 Å². The minimum Gasteiger partial charge on any atom is -0.395 e. The standard InChI is InChI=1S/C13H14ClNO2S/c14-12-4-2-1-3-11(12)13(7-16,8-17)5-10-6-18-9-15-10/h1-4,6,9,16-17H,5,7-8H2. The van der Waals surface area contributed by atoms with Gasteiger partial charge >= 0.3 is 0 Å². The molecular weight excluding hydrogens is 270 g/mol. The third kappa shape index (κ3) is 2.57. The maximum absolute atomic E-state index is 9.71. The quantitative estimate of drug-likeness (QED) is 0.885. The van der Waals surface area contributed by atoms with Crippen molar-refractivity contribution in [2.24, 2.45) is 0 Å². The molecule has 2 aromatic rings. The first-order chi connectivity index (χ1) is 8.72. The third-order valence-electron chi connectivity index (χ3n) is 3.05. The molecule has 0 bridgehead atoms. The molecule has 0 aliphatic heterocycles. The maximum atomic E-state index is 9.71. The first kappa shape index (κ1) is 13.5. The van der Waals surface area contributed by atoms with Crippen LogP contribution in [0.1, 0.15) is 11.3 Å². The Labute approximate surface area is 115 Å². The number of halogens is 1. The van der Waals surface area contributed by atoms with E-state index in [0.29, 0.717) is 11.4 Å². The van der Waals surface area contributed by atoms with E-state index >= 15 is 0 Å². The van der Waals surface area contributed by atoms with E-state index in [0.717, 1.165) is 11.3 Å². The lowest BCUT2D eigenvalue weighted by molar-refractivity contribution is 0.115. The highest BCUT2D eigenvalue weighted by Crippen LogP contribution is 2.32. The van der Waals surface area contributed by atoms with Crippen LogP contribution in [0.2, 0.25) is 5.02 Å². The van der Waals surface area contributed by atoms with Gasteiger partial charge in [0.15, 0.2) is 0 Å². The number of hydrogen-bond donors (Lipinski definition) is 2. The highest BCUT2D eigenvalue weighted by atomic mass is 35.5. The molecular formula is C13H14ClNO2S. The summed E-state index contributed by atoms with van der Waals surface area (Å²) in [6.07, 6.45) is 0.466. The molecule has 0 amide bonds. The summed E-state index contributed by atoms with van der Waals surface area (Å²) >= 11 is 7.66. The molecule has 2 rings (SSSR count). The zero-order valence-corrected chi connectivity index (χ0v) is 11.3. The molecule has 0 unspecified atom stereocenters. The molecule has 5 heteroatoms. The molecule has 2 N–H and O–H groups in total. The molecule has 0 atom stereocenters. The van der Waals surface area contributed by atoms with Gasteiger partial charge in [0.25, 0.3) is 0 Å². The zero-order chi connectivity index (χ0) is 13.0. The Morgan fingerprint density at radius 2 is 1.94 bits per heavy atom. The predicted octanol–water partition coefficient (Wildman–Crippen LogP) is 2.26. The van der Waals surface area contributed by atoms with Crippen LogP contribution in [0, 0.1) is 0 Å². The van der Waals surface area contributed by atoms with Crippen molar-refractivity contribution in [1.29, 1.82) is 0 Å². The Morgan fingerprint density at radius 1 is 1.22 bits per heavy atom. The minimum absolute atomic E-state index is 0.176. The van der Waals surface area contributed by atoms with Crippen LogP contribution < -0.4 is 0 Å². The number of benzene rings is 1. The normalized spacial score (nSPS) is 11.7. The van der Waals surface area contributed by atoms with Gasteiger partial charge in [-0.1, -0.05) is 29.8 Å². The van der Waals surface area contributed by atoms with Crippen LogP contribution in [0.5, 0.6) is 0 Å². The van der Waals surface area contributed by atoms with E-state index in [-0.39, 0.29) is 13.2 Å². The summed E-state index contributed by atoms with van der Waals surface area (Å²) in [6, 6.07) is 7.27. The molecule has 1 heterocycles. The summed E-state index contributed by atoms with van der Waals surface area (Å²) in [5.41, 5.74) is 2.56. The number of nitrogens with zero attached hydrogens (tertiary/aromatic N) is 1. The van der Waals surface area contributed by atoms with Crippen molar-refractivity contribution in [3.8, 4) is 0 Å². The molecule has 1 aromatic carbocycles. The Balaban J connectivity index is 2.40. The fourth-order valence-corrected chi connectivity index (χ4v) is 2.88. The van der Waals surface area contributed by atoms with Crippen LogP contribution in [0.4, 0.5) is 0 Å². The first-order valence-corrected chi connectivity index (χ1v) is 6.88. The highest BCUT2D eigenvalue weighted by molar-refractivity contribution is 7.07. The molecule has 0 spiro atoms. The van der Waals surface area contributed by atoms with Crippen molar-refractivity contribution in [3.05, 3.63) is 51.4 Å².